The average Bonchev–Trinajstić information content (AvgIpc) is 3.31. The highest BCUT2D eigenvalue weighted by Crippen LogP contribution is 2.38. The number of hydrogen-bond donors (Lipinski definition) is 0. The van der Waals surface area contributed by atoms with Gasteiger partial charge in [-0.2, -0.15) is 0 Å². The van der Waals surface area contributed by atoms with E-state index in [0.717, 1.165) is 24.1 Å². The molecule has 0 unspecified atom stereocenters. The predicted molar refractivity (Wildman–Crippen MR) is 81.4 cm³/mol. The minimum Gasteiger partial charge on any atom is -0.495 e. The molecule has 21 heavy (non-hydrogen) atoms. The number of nitrogens with zero attached hydrogens (tertiary/aromatic N) is 1. The van der Waals surface area contributed by atoms with Gasteiger partial charge in [-0.25, -0.2) is 0 Å². The van der Waals surface area contributed by atoms with Crippen LogP contribution < -0.4 is 10.3 Å². The minimum atomic E-state index is -0.239. The number of aromatic nitrogens is 1. The van der Waals surface area contributed by atoms with Crippen molar-refractivity contribution >= 4 is 17.9 Å². The van der Waals surface area contributed by atoms with Crippen LogP contribution in [0.15, 0.2) is 35.1 Å². The fraction of sp³-hybridized carbons (Fsp3) is 0.250. The second-order valence-electron chi connectivity index (χ2n) is 5.05. The lowest BCUT2D eigenvalue weighted by Crippen LogP contribution is -2.24. The van der Waals surface area contributed by atoms with Crippen LogP contribution >= 0.6 is 11.6 Å². The summed E-state index contributed by atoms with van der Waals surface area (Å²) >= 11 is 6.16. The number of halogens is 1. The fourth-order valence-corrected chi connectivity index (χ4v) is 2.67. The van der Waals surface area contributed by atoms with E-state index in [9.17, 15) is 9.59 Å². The Morgan fingerprint density at radius 1 is 1.29 bits per heavy atom. The molecule has 1 saturated carbocycles. The summed E-state index contributed by atoms with van der Waals surface area (Å²) in [5.41, 5.74) is 1.56. The number of aldehydes is 1. The van der Waals surface area contributed by atoms with Gasteiger partial charge >= 0.3 is 0 Å². The topological polar surface area (TPSA) is 48.3 Å². The molecule has 0 aliphatic heterocycles. The van der Waals surface area contributed by atoms with Crippen molar-refractivity contribution in [3.8, 4) is 17.0 Å². The molecule has 1 aromatic heterocycles. The first-order valence-corrected chi connectivity index (χ1v) is 7.08. The van der Waals surface area contributed by atoms with Crippen LogP contribution in [0.2, 0.25) is 5.02 Å². The maximum Gasteiger partial charge on any atom is 0.261 e. The van der Waals surface area contributed by atoms with E-state index in [0.29, 0.717) is 17.1 Å². The monoisotopic (exact) mass is 303 g/mol. The molecule has 1 aliphatic carbocycles. The lowest BCUT2D eigenvalue weighted by molar-refractivity contribution is 0.112. The van der Waals surface area contributed by atoms with E-state index >= 15 is 0 Å². The Morgan fingerprint density at radius 3 is 2.62 bits per heavy atom. The number of pyridine rings is 1. The summed E-state index contributed by atoms with van der Waals surface area (Å²) in [6, 6.07) is 8.93. The van der Waals surface area contributed by atoms with Crippen molar-refractivity contribution in [2.24, 2.45) is 0 Å². The molecule has 1 aliphatic rings. The van der Waals surface area contributed by atoms with Gasteiger partial charge < -0.3 is 9.30 Å². The van der Waals surface area contributed by atoms with Gasteiger partial charge in [-0.1, -0.05) is 11.6 Å². The van der Waals surface area contributed by atoms with Crippen LogP contribution in [0.4, 0.5) is 0 Å². The number of carbonyl (C=O) groups excluding carboxylic acids is 1. The Bertz CT molecular complexity index is 763. The third-order valence-electron chi connectivity index (χ3n) is 3.63. The number of methoxy groups -OCH3 is 1. The van der Waals surface area contributed by atoms with Gasteiger partial charge in [0.2, 0.25) is 0 Å². The van der Waals surface area contributed by atoms with Crippen molar-refractivity contribution in [1.29, 1.82) is 0 Å². The fourth-order valence-electron chi connectivity index (χ4n) is 2.41. The minimum absolute atomic E-state index is 0.174. The van der Waals surface area contributed by atoms with E-state index in [1.807, 2.05) is 6.07 Å². The lowest BCUT2D eigenvalue weighted by atomic mass is 10.1. The van der Waals surface area contributed by atoms with Gasteiger partial charge in [-0.05, 0) is 48.7 Å². The van der Waals surface area contributed by atoms with Crippen LogP contribution in [0.3, 0.4) is 0 Å². The van der Waals surface area contributed by atoms with Gasteiger partial charge in [0.1, 0.15) is 5.75 Å². The normalized spacial score (nSPS) is 14.0. The van der Waals surface area contributed by atoms with E-state index in [1.54, 1.807) is 35.9 Å². The SMILES string of the molecule is COc1ccc(-c2ccc(C=O)c(=O)n2C2CC2)cc1Cl. The maximum absolute atomic E-state index is 12.4. The summed E-state index contributed by atoms with van der Waals surface area (Å²) in [6.07, 6.45) is 2.52. The van der Waals surface area contributed by atoms with E-state index in [4.69, 9.17) is 16.3 Å². The molecule has 0 spiro atoms. The van der Waals surface area contributed by atoms with Crippen molar-refractivity contribution in [3.05, 3.63) is 51.3 Å². The molecule has 3 rings (SSSR count). The van der Waals surface area contributed by atoms with Crippen LogP contribution in [0.5, 0.6) is 5.75 Å². The largest absolute Gasteiger partial charge is 0.495 e. The summed E-state index contributed by atoms with van der Waals surface area (Å²) < 4.78 is 6.84. The summed E-state index contributed by atoms with van der Waals surface area (Å²) in [5.74, 6) is 0.588. The summed E-state index contributed by atoms with van der Waals surface area (Å²) in [5, 5.41) is 0.490. The molecular formula is C16H14ClNO3. The standard InChI is InChI=1S/C16H14ClNO3/c1-21-15-7-3-10(8-13(15)17)14-6-2-11(9-19)16(20)18(14)12-4-5-12/h2-3,6-9,12H,4-5H2,1H3. The van der Waals surface area contributed by atoms with E-state index < -0.39 is 0 Å². The lowest BCUT2D eigenvalue weighted by Gasteiger charge is -2.14. The van der Waals surface area contributed by atoms with Gasteiger partial charge in [0.25, 0.3) is 5.56 Å². The summed E-state index contributed by atoms with van der Waals surface area (Å²) in [6.45, 7) is 0. The van der Waals surface area contributed by atoms with Crippen LogP contribution in [-0.2, 0) is 0 Å². The Balaban J connectivity index is 2.18. The predicted octanol–water partition coefficient (Wildman–Crippen LogP) is 3.32. The quantitative estimate of drug-likeness (QED) is 0.814. The van der Waals surface area contributed by atoms with Crippen LogP contribution in [0, 0.1) is 0 Å². The van der Waals surface area contributed by atoms with Crippen molar-refractivity contribution in [1.82, 2.24) is 4.57 Å². The Morgan fingerprint density at radius 2 is 2.05 bits per heavy atom. The highest BCUT2D eigenvalue weighted by molar-refractivity contribution is 6.32. The molecule has 0 N–H and O–H groups in total. The first-order valence-electron chi connectivity index (χ1n) is 6.70. The van der Waals surface area contributed by atoms with E-state index in [-0.39, 0.29) is 17.2 Å². The summed E-state index contributed by atoms with van der Waals surface area (Å²) in [4.78, 5) is 23.3. The molecule has 108 valence electrons. The van der Waals surface area contributed by atoms with E-state index in [1.165, 1.54) is 0 Å². The highest BCUT2D eigenvalue weighted by Gasteiger charge is 2.28. The van der Waals surface area contributed by atoms with Gasteiger partial charge in [0.15, 0.2) is 6.29 Å². The smallest absolute Gasteiger partial charge is 0.261 e. The van der Waals surface area contributed by atoms with Crippen LogP contribution in [-0.4, -0.2) is 18.0 Å². The number of ether oxygens (including phenoxy) is 1. The Labute approximate surface area is 126 Å². The molecule has 2 aromatic rings. The van der Waals surface area contributed by atoms with Crippen molar-refractivity contribution in [2.45, 2.75) is 18.9 Å². The first kappa shape index (κ1) is 13.9. The van der Waals surface area contributed by atoms with Gasteiger partial charge in [-0.15, -0.1) is 0 Å². The summed E-state index contributed by atoms with van der Waals surface area (Å²) in [7, 11) is 1.56. The van der Waals surface area contributed by atoms with Crippen molar-refractivity contribution < 1.29 is 9.53 Å². The molecule has 0 saturated heterocycles. The van der Waals surface area contributed by atoms with Gasteiger partial charge in [0.05, 0.1) is 23.4 Å². The average molecular weight is 304 g/mol. The second-order valence-corrected chi connectivity index (χ2v) is 5.45. The van der Waals surface area contributed by atoms with Crippen molar-refractivity contribution in [2.75, 3.05) is 7.11 Å². The van der Waals surface area contributed by atoms with E-state index in [2.05, 4.69) is 0 Å². The zero-order valence-corrected chi connectivity index (χ0v) is 12.3. The Kier molecular flexibility index (Phi) is 3.55. The molecule has 5 heteroatoms. The first-order chi connectivity index (χ1) is 10.2. The zero-order chi connectivity index (χ0) is 15.0. The van der Waals surface area contributed by atoms with Gasteiger partial charge in [-0.3, -0.25) is 9.59 Å². The number of hydrogen-bond acceptors (Lipinski definition) is 3. The molecule has 1 heterocycles. The van der Waals surface area contributed by atoms with Gasteiger partial charge in [0, 0.05) is 6.04 Å². The molecule has 0 radical (unpaired) electrons. The maximum atomic E-state index is 12.4. The van der Waals surface area contributed by atoms with Crippen LogP contribution in [0.1, 0.15) is 29.2 Å². The number of carbonyl (C=O) groups is 1. The third kappa shape index (κ3) is 2.47. The molecule has 1 aromatic carbocycles. The number of benzene rings is 1. The molecule has 4 nitrogen and oxygen atoms in total. The molecule has 0 amide bonds. The van der Waals surface area contributed by atoms with Crippen molar-refractivity contribution in [3.63, 3.8) is 0 Å². The molecule has 0 atom stereocenters. The Hall–Kier alpha value is -2.07. The zero-order valence-electron chi connectivity index (χ0n) is 11.5. The second kappa shape index (κ2) is 5.37. The molecule has 0 bridgehead atoms. The molecular weight excluding hydrogens is 290 g/mol. The number of rotatable bonds is 4. The van der Waals surface area contributed by atoms with Crippen LogP contribution in [0.25, 0.3) is 11.3 Å². The molecule has 1 fully saturated rings. The highest BCUT2D eigenvalue weighted by atomic mass is 35.5. The third-order valence-corrected chi connectivity index (χ3v) is 3.93.